The fourth-order valence-electron chi connectivity index (χ4n) is 2.37. The minimum Gasteiger partial charge on any atom is -0.467 e. The van der Waals surface area contributed by atoms with Crippen molar-refractivity contribution in [2.45, 2.75) is 19.4 Å². The maximum atomic E-state index is 12.6. The van der Waals surface area contributed by atoms with Gasteiger partial charge in [0.15, 0.2) is 0 Å². The van der Waals surface area contributed by atoms with Gasteiger partial charge in [-0.2, -0.15) is 0 Å². The Balaban J connectivity index is 1.88. The van der Waals surface area contributed by atoms with Crippen molar-refractivity contribution >= 4 is 23.5 Å². The van der Waals surface area contributed by atoms with E-state index >= 15 is 0 Å². The topological polar surface area (TPSA) is 114 Å². The van der Waals surface area contributed by atoms with Gasteiger partial charge in [-0.25, -0.2) is 4.98 Å². The molecule has 2 heterocycles. The first-order valence-corrected chi connectivity index (χ1v) is 8.85. The number of rotatable bonds is 11. The number of anilines is 1. The van der Waals surface area contributed by atoms with Crippen LogP contribution in [0.2, 0.25) is 0 Å². The number of nitrogens with one attached hydrogen (secondary N) is 2. The third-order valence-corrected chi connectivity index (χ3v) is 3.74. The average Bonchev–Trinajstić information content (AvgIpc) is 3.20. The monoisotopic (exact) mass is 388 g/mol. The molecule has 2 aromatic heterocycles. The summed E-state index contributed by atoms with van der Waals surface area (Å²) in [5.41, 5.74) is 0. The number of nitrogens with zero attached hydrogens (tertiary/aromatic N) is 2. The van der Waals surface area contributed by atoms with Crippen LogP contribution < -0.4 is 10.6 Å². The highest BCUT2D eigenvalue weighted by Gasteiger charge is 2.19. The van der Waals surface area contributed by atoms with Crippen LogP contribution >= 0.6 is 0 Å². The Morgan fingerprint density at radius 1 is 1.14 bits per heavy atom. The second-order valence-corrected chi connectivity index (χ2v) is 5.94. The van der Waals surface area contributed by atoms with Crippen molar-refractivity contribution in [1.29, 1.82) is 0 Å². The van der Waals surface area contributed by atoms with E-state index in [9.17, 15) is 14.4 Å². The highest BCUT2D eigenvalue weighted by Crippen LogP contribution is 2.09. The van der Waals surface area contributed by atoms with E-state index in [1.54, 1.807) is 36.5 Å². The normalized spacial score (nSPS) is 10.3. The molecule has 150 valence electrons. The van der Waals surface area contributed by atoms with E-state index in [2.05, 4.69) is 15.6 Å². The van der Waals surface area contributed by atoms with Crippen LogP contribution in [0, 0.1) is 0 Å². The molecule has 0 bridgehead atoms. The van der Waals surface area contributed by atoms with E-state index in [1.807, 2.05) is 0 Å². The zero-order valence-electron chi connectivity index (χ0n) is 15.7. The first kappa shape index (κ1) is 21.1. The van der Waals surface area contributed by atoms with E-state index in [0.29, 0.717) is 24.7 Å². The third-order valence-electron chi connectivity index (χ3n) is 3.74. The summed E-state index contributed by atoms with van der Waals surface area (Å²) in [5, 5.41) is 5.29. The molecule has 0 fully saturated rings. The summed E-state index contributed by atoms with van der Waals surface area (Å²) < 4.78 is 10.1. The first-order chi connectivity index (χ1) is 13.6. The highest BCUT2D eigenvalue weighted by atomic mass is 16.5. The van der Waals surface area contributed by atoms with Gasteiger partial charge in [0.25, 0.3) is 0 Å². The molecule has 0 aliphatic carbocycles. The Morgan fingerprint density at radius 2 is 2.00 bits per heavy atom. The number of aromatic nitrogens is 1. The van der Waals surface area contributed by atoms with Gasteiger partial charge in [-0.3, -0.25) is 14.4 Å². The van der Waals surface area contributed by atoms with Gasteiger partial charge in [0.2, 0.25) is 17.7 Å². The van der Waals surface area contributed by atoms with Crippen LogP contribution in [0.5, 0.6) is 0 Å². The molecule has 9 nitrogen and oxygen atoms in total. The third kappa shape index (κ3) is 7.58. The van der Waals surface area contributed by atoms with Crippen molar-refractivity contribution in [2.24, 2.45) is 0 Å². The van der Waals surface area contributed by atoms with Crippen molar-refractivity contribution in [3.63, 3.8) is 0 Å². The smallest absolute Gasteiger partial charge is 0.239 e. The number of hydrogen-bond acceptors (Lipinski definition) is 6. The van der Waals surface area contributed by atoms with Crippen molar-refractivity contribution in [1.82, 2.24) is 15.2 Å². The number of amides is 3. The van der Waals surface area contributed by atoms with E-state index in [-0.39, 0.29) is 43.7 Å². The molecule has 2 rings (SSSR count). The summed E-state index contributed by atoms with van der Waals surface area (Å²) in [6, 6.07) is 8.57. The molecule has 0 atom stereocenters. The first-order valence-electron chi connectivity index (χ1n) is 8.85. The number of furan rings is 1. The lowest BCUT2D eigenvalue weighted by atomic mass is 10.2. The minimum absolute atomic E-state index is 0.0185. The van der Waals surface area contributed by atoms with Gasteiger partial charge in [-0.05, 0) is 24.3 Å². The number of hydrogen-bond donors (Lipinski definition) is 2. The lowest BCUT2D eigenvalue weighted by Gasteiger charge is -2.21. The second-order valence-electron chi connectivity index (χ2n) is 5.94. The van der Waals surface area contributed by atoms with Gasteiger partial charge in [0.05, 0.1) is 26.0 Å². The van der Waals surface area contributed by atoms with Gasteiger partial charge >= 0.3 is 0 Å². The van der Waals surface area contributed by atoms with Crippen LogP contribution in [0.1, 0.15) is 18.6 Å². The molecule has 0 aromatic carbocycles. The number of methoxy groups -OCH3 is 1. The van der Waals surface area contributed by atoms with Gasteiger partial charge in [0, 0.05) is 32.7 Å². The van der Waals surface area contributed by atoms with Gasteiger partial charge < -0.3 is 24.7 Å². The van der Waals surface area contributed by atoms with Gasteiger partial charge in [-0.1, -0.05) is 6.07 Å². The lowest BCUT2D eigenvalue weighted by molar-refractivity contribution is -0.137. The summed E-state index contributed by atoms with van der Waals surface area (Å²) in [6.45, 7) is 0.743. The van der Waals surface area contributed by atoms with Crippen LogP contribution in [0.4, 0.5) is 5.82 Å². The van der Waals surface area contributed by atoms with Crippen LogP contribution in [-0.4, -0.2) is 54.4 Å². The van der Waals surface area contributed by atoms with Crippen molar-refractivity contribution in [2.75, 3.05) is 32.1 Å². The van der Waals surface area contributed by atoms with Crippen molar-refractivity contribution in [3.8, 4) is 0 Å². The summed E-state index contributed by atoms with van der Waals surface area (Å²) in [4.78, 5) is 42.0. The van der Waals surface area contributed by atoms with Crippen LogP contribution in [0.15, 0.2) is 47.2 Å². The lowest BCUT2D eigenvalue weighted by Crippen LogP contribution is -2.41. The zero-order valence-corrected chi connectivity index (χ0v) is 15.7. The SMILES string of the molecule is COCCNC(=O)CN(Cc1ccco1)C(=O)CCC(=O)Nc1ccccn1. The minimum atomic E-state index is -0.325. The second kappa shape index (κ2) is 11.5. The molecule has 0 saturated carbocycles. The fraction of sp³-hybridized carbons (Fsp3) is 0.368. The summed E-state index contributed by atoms with van der Waals surface area (Å²) in [5.74, 6) is 0.0137. The Kier molecular flexibility index (Phi) is 8.67. The standard InChI is InChI=1S/C19H24N4O5/c1-27-12-10-21-18(25)14-23(13-15-5-4-11-28-15)19(26)8-7-17(24)22-16-6-2-3-9-20-16/h2-6,9,11H,7-8,10,12-14H2,1H3,(H,21,25)(H,20,22,24). The molecule has 3 amide bonds. The maximum absolute atomic E-state index is 12.6. The van der Waals surface area contributed by atoms with E-state index in [4.69, 9.17) is 9.15 Å². The number of carbonyl (C=O) groups is 3. The molecule has 9 heteroatoms. The van der Waals surface area contributed by atoms with E-state index in [0.717, 1.165) is 0 Å². The Morgan fingerprint density at radius 3 is 2.68 bits per heavy atom. The van der Waals surface area contributed by atoms with Crippen LogP contribution in [0.25, 0.3) is 0 Å². The molecule has 0 unspecified atom stereocenters. The summed E-state index contributed by atoms with van der Waals surface area (Å²) in [6.07, 6.45) is 3.01. The van der Waals surface area contributed by atoms with Crippen LogP contribution in [0.3, 0.4) is 0 Å². The molecule has 0 aliphatic heterocycles. The summed E-state index contributed by atoms with van der Waals surface area (Å²) in [7, 11) is 1.54. The summed E-state index contributed by atoms with van der Waals surface area (Å²) >= 11 is 0. The maximum Gasteiger partial charge on any atom is 0.239 e. The van der Waals surface area contributed by atoms with Gasteiger partial charge in [-0.15, -0.1) is 0 Å². The number of carbonyl (C=O) groups excluding carboxylic acids is 3. The Bertz CT molecular complexity index is 749. The molecular formula is C19H24N4O5. The number of ether oxygens (including phenoxy) is 1. The molecule has 0 spiro atoms. The Hall–Kier alpha value is -3.20. The largest absolute Gasteiger partial charge is 0.467 e. The molecule has 0 radical (unpaired) electrons. The zero-order chi connectivity index (χ0) is 20.2. The van der Waals surface area contributed by atoms with E-state index < -0.39 is 0 Å². The number of pyridine rings is 1. The highest BCUT2D eigenvalue weighted by molar-refractivity contribution is 5.93. The predicted molar refractivity (Wildman–Crippen MR) is 101 cm³/mol. The molecule has 0 saturated heterocycles. The average molecular weight is 388 g/mol. The Labute approximate surface area is 163 Å². The van der Waals surface area contributed by atoms with E-state index in [1.165, 1.54) is 18.3 Å². The molecule has 0 aliphatic rings. The van der Waals surface area contributed by atoms with Crippen molar-refractivity contribution in [3.05, 3.63) is 48.6 Å². The fourth-order valence-corrected chi connectivity index (χ4v) is 2.37. The van der Waals surface area contributed by atoms with Gasteiger partial charge in [0.1, 0.15) is 11.6 Å². The van der Waals surface area contributed by atoms with Crippen molar-refractivity contribution < 1.29 is 23.5 Å². The quantitative estimate of drug-likeness (QED) is 0.559. The molecular weight excluding hydrogens is 364 g/mol. The predicted octanol–water partition coefficient (Wildman–Crippen LogP) is 1.18. The molecule has 2 aromatic rings. The molecule has 2 N–H and O–H groups in total. The van der Waals surface area contributed by atoms with Crippen LogP contribution in [-0.2, 0) is 25.7 Å². The molecule has 28 heavy (non-hydrogen) atoms.